The van der Waals surface area contributed by atoms with E-state index in [0.29, 0.717) is 11.4 Å². The minimum Gasteiger partial charge on any atom is -0.497 e. The van der Waals surface area contributed by atoms with Gasteiger partial charge in [-0.05, 0) is 24.1 Å². The number of anilines is 1. The molecule has 2 aromatic carbocycles. The summed E-state index contributed by atoms with van der Waals surface area (Å²) in [6.07, 6.45) is 0. The minimum absolute atomic E-state index is 0.00648. The van der Waals surface area contributed by atoms with Gasteiger partial charge in [-0.3, -0.25) is 0 Å². The van der Waals surface area contributed by atoms with Crippen molar-refractivity contribution in [2.45, 2.75) is 19.6 Å². The van der Waals surface area contributed by atoms with E-state index in [2.05, 4.69) is 5.32 Å². The van der Waals surface area contributed by atoms with Crippen LogP contribution in [0.3, 0.4) is 0 Å². The summed E-state index contributed by atoms with van der Waals surface area (Å²) in [7, 11) is 1.51. The van der Waals surface area contributed by atoms with Crippen LogP contribution in [0.2, 0.25) is 0 Å². The molecule has 0 fully saturated rings. The molecule has 0 amide bonds. The van der Waals surface area contributed by atoms with E-state index >= 15 is 0 Å². The number of benzene rings is 2. The number of aliphatic hydroxyl groups is 1. The van der Waals surface area contributed by atoms with Gasteiger partial charge in [0.2, 0.25) is 0 Å². The van der Waals surface area contributed by atoms with Gasteiger partial charge < -0.3 is 15.2 Å². The molecule has 2 aromatic rings. The van der Waals surface area contributed by atoms with Crippen LogP contribution in [0.4, 0.5) is 10.1 Å². The van der Waals surface area contributed by atoms with E-state index < -0.39 is 0 Å². The Kier molecular flexibility index (Phi) is 4.58. The Labute approximate surface area is 118 Å². The van der Waals surface area contributed by atoms with Crippen molar-refractivity contribution in [2.75, 3.05) is 12.4 Å². The Balaban J connectivity index is 2.18. The third-order valence-corrected chi connectivity index (χ3v) is 3.12. The molecule has 1 atom stereocenters. The Morgan fingerprint density at radius 1 is 1.25 bits per heavy atom. The fourth-order valence-corrected chi connectivity index (χ4v) is 2.06. The second kappa shape index (κ2) is 6.39. The molecule has 3 nitrogen and oxygen atoms in total. The molecule has 20 heavy (non-hydrogen) atoms. The van der Waals surface area contributed by atoms with Crippen LogP contribution in [-0.2, 0) is 6.61 Å². The lowest BCUT2D eigenvalue weighted by Gasteiger charge is -2.17. The second-order valence-corrected chi connectivity index (χ2v) is 4.65. The molecule has 0 radical (unpaired) electrons. The molecule has 0 aliphatic carbocycles. The van der Waals surface area contributed by atoms with Gasteiger partial charge in [-0.15, -0.1) is 0 Å². The van der Waals surface area contributed by atoms with Crippen molar-refractivity contribution < 1.29 is 14.2 Å². The van der Waals surface area contributed by atoms with Crippen molar-refractivity contribution in [1.82, 2.24) is 0 Å². The van der Waals surface area contributed by atoms with Crippen LogP contribution >= 0.6 is 0 Å². The molecule has 2 N–H and O–H groups in total. The molecule has 0 spiro atoms. The highest BCUT2D eigenvalue weighted by atomic mass is 19.1. The van der Waals surface area contributed by atoms with Crippen molar-refractivity contribution in [3.05, 3.63) is 59.4 Å². The van der Waals surface area contributed by atoms with Crippen molar-refractivity contribution in [1.29, 1.82) is 0 Å². The predicted octanol–water partition coefficient (Wildman–Crippen LogP) is 3.50. The Morgan fingerprint density at radius 3 is 2.75 bits per heavy atom. The van der Waals surface area contributed by atoms with E-state index in [-0.39, 0.29) is 18.5 Å². The quantitative estimate of drug-likeness (QED) is 0.877. The SMILES string of the molecule is COc1cc(F)cc(NC(C)c2cccc(CO)c2)c1. The zero-order valence-electron chi connectivity index (χ0n) is 11.6. The third kappa shape index (κ3) is 3.48. The first-order chi connectivity index (χ1) is 9.62. The topological polar surface area (TPSA) is 41.5 Å². The van der Waals surface area contributed by atoms with Crippen molar-refractivity contribution >= 4 is 5.69 Å². The second-order valence-electron chi connectivity index (χ2n) is 4.65. The number of hydrogen-bond donors (Lipinski definition) is 2. The number of hydrogen-bond acceptors (Lipinski definition) is 3. The monoisotopic (exact) mass is 275 g/mol. The maximum atomic E-state index is 13.4. The van der Waals surface area contributed by atoms with Crippen LogP contribution < -0.4 is 10.1 Å². The van der Waals surface area contributed by atoms with E-state index in [1.165, 1.54) is 19.2 Å². The molecule has 0 bridgehead atoms. The van der Waals surface area contributed by atoms with E-state index in [9.17, 15) is 4.39 Å². The molecule has 0 heterocycles. The summed E-state index contributed by atoms with van der Waals surface area (Å²) in [5, 5.41) is 12.4. The molecule has 0 aliphatic rings. The summed E-state index contributed by atoms with van der Waals surface area (Å²) in [5.74, 6) is 0.131. The third-order valence-electron chi connectivity index (χ3n) is 3.12. The van der Waals surface area contributed by atoms with Crippen LogP contribution in [-0.4, -0.2) is 12.2 Å². The Hall–Kier alpha value is -2.07. The van der Waals surface area contributed by atoms with E-state index in [1.807, 2.05) is 31.2 Å². The van der Waals surface area contributed by atoms with Gasteiger partial charge in [0, 0.05) is 23.9 Å². The fourth-order valence-electron chi connectivity index (χ4n) is 2.06. The molecule has 4 heteroatoms. The summed E-state index contributed by atoms with van der Waals surface area (Å²) < 4.78 is 18.5. The maximum absolute atomic E-state index is 13.4. The van der Waals surface area contributed by atoms with Crippen molar-refractivity contribution in [2.24, 2.45) is 0 Å². The molecule has 0 aromatic heterocycles. The number of halogens is 1. The highest BCUT2D eigenvalue weighted by Gasteiger charge is 2.08. The first-order valence-electron chi connectivity index (χ1n) is 6.43. The molecule has 0 saturated carbocycles. The number of ether oxygens (including phenoxy) is 1. The predicted molar refractivity (Wildman–Crippen MR) is 77.4 cm³/mol. The summed E-state index contributed by atoms with van der Waals surface area (Å²) in [6, 6.07) is 12.1. The summed E-state index contributed by atoms with van der Waals surface area (Å²) in [4.78, 5) is 0. The summed E-state index contributed by atoms with van der Waals surface area (Å²) >= 11 is 0. The van der Waals surface area contributed by atoms with Crippen LogP contribution in [0.5, 0.6) is 5.75 Å². The standard InChI is InChI=1S/C16H18FNO2/c1-11(13-5-3-4-12(6-13)10-19)18-15-7-14(17)8-16(9-15)20-2/h3-9,11,18-19H,10H2,1-2H3. The van der Waals surface area contributed by atoms with Gasteiger partial charge in [-0.1, -0.05) is 24.3 Å². The molecule has 1 unspecified atom stereocenters. The minimum atomic E-state index is -0.344. The first kappa shape index (κ1) is 14.3. The highest BCUT2D eigenvalue weighted by molar-refractivity contribution is 5.50. The average Bonchev–Trinajstić information content (AvgIpc) is 2.46. The number of aliphatic hydroxyl groups excluding tert-OH is 1. The van der Waals surface area contributed by atoms with Gasteiger partial charge in [0.1, 0.15) is 11.6 Å². The summed E-state index contributed by atoms with van der Waals surface area (Å²) in [6.45, 7) is 1.99. The zero-order chi connectivity index (χ0) is 14.5. The zero-order valence-corrected chi connectivity index (χ0v) is 11.6. The molecule has 2 rings (SSSR count). The van der Waals surface area contributed by atoms with Crippen molar-refractivity contribution in [3.63, 3.8) is 0 Å². The highest BCUT2D eigenvalue weighted by Crippen LogP contribution is 2.24. The van der Waals surface area contributed by atoms with Crippen LogP contribution in [0, 0.1) is 5.82 Å². The lowest BCUT2D eigenvalue weighted by atomic mass is 10.1. The van der Waals surface area contributed by atoms with Gasteiger partial charge >= 0.3 is 0 Å². The van der Waals surface area contributed by atoms with Crippen LogP contribution in [0.1, 0.15) is 24.1 Å². The van der Waals surface area contributed by atoms with Gasteiger partial charge in [0.05, 0.1) is 13.7 Å². The van der Waals surface area contributed by atoms with Crippen molar-refractivity contribution in [3.8, 4) is 5.75 Å². The lowest BCUT2D eigenvalue weighted by Crippen LogP contribution is -2.07. The van der Waals surface area contributed by atoms with Gasteiger partial charge in [0.15, 0.2) is 0 Å². The lowest BCUT2D eigenvalue weighted by molar-refractivity contribution is 0.281. The largest absolute Gasteiger partial charge is 0.497 e. The Morgan fingerprint density at radius 2 is 2.05 bits per heavy atom. The molecule has 0 aliphatic heterocycles. The average molecular weight is 275 g/mol. The van der Waals surface area contributed by atoms with E-state index in [4.69, 9.17) is 9.84 Å². The smallest absolute Gasteiger partial charge is 0.128 e. The number of rotatable bonds is 5. The van der Waals surface area contributed by atoms with E-state index in [1.54, 1.807) is 6.07 Å². The normalized spacial score (nSPS) is 12.0. The van der Waals surface area contributed by atoms with Gasteiger partial charge in [-0.2, -0.15) is 0 Å². The molecular formula is C16H18FNO2. The summed E-state index contributed by atoms with van der Waals surface area (Å²) in [5.41, 5.74) is 2.54. The van der Waals surface area contributed by atoms with Crippen LogP contribution in [0.25, 0.3) is 0 Å². The van der Waals surface area contributed by atoms with Gasteiger partial charge in [0.25, 0.3) is 0 Å². The Bertz CT molecular complexity index is 586. The van der Waals surface area contributed by atoms with Gasteiger partial charge in [-0.25, -0.2) is 4.39 Å². The fraction of sp³-hybridized carbons (Fsp3) is 0.250. The number of nitrogens with one attached hydrogen (secondary N) is 1. The maximum Gasteiger partial charge on any atom is 0.128 e. The molecular weight excluding hydrogens is 257 g/mol. The number of methoxy groups -OCH3 is 1. The molecule has 0 saturated heterocycles. The first-order valence-corrected chi connectivity index (χ1v) is 6.43. The van der Waals surface area contributed by atoms with Crippen LogP contribution in [0.15, 0.2) is 42.5 Å². The van der Waals surface area contributed by atoms with E-state index in [0.717, 1.165) is 11.1 Å². The molecule has 106 valence electrons.